The van der Waals surface area contributed by atoms with Gasteiger partial charge in [0, 0.05) is 5.92 Å². The van der Waals surface area contributed by atoms with E-state index >= 15 is 0 Å². The van der Waals surface area contributed by atoms with Crippen molar-refractivity contribution in [3.63, 3.8) is 0 Å². The van der Waals surface area contributed by atoms with E-state index in [0.717, 1.165) is 6.42 Å². The first-order valence-corrected chi connectivity index (χ1v) is 6.95. The molecule has 0 aromatic carbocycles. The Morgan fingerprint density at radius 1 is 1.22 bits per heavy atom. The maximum absolute atomic E-state index is 12.0. The van der Waals surface area contributed by atoms with E-state index in [0.29, 0.717) is 5.92 Å². The van der Waals surface area contributed by atoms with Crippen LogP contribution >= 0.6 is 0 Å². The van der Waals surface area contributed by atoms with Gasteiger partial charge in [-0.2, -0.15) is 0 Å². The van der Waals surface area contributed by atoms with Gasteiger partial charge in [-0.25, -0.2) is 4.79 Å². The van der Waals surface area contributed by atoms with Crippen molar-refractivity contribution in [1.29, 1.82) is 0 Å². The first-order valence-electron chi connectivity index (χ1n) is 6.95. The Morgan fingerprint density at radius 3 is 2.22 bits per heavy atom. The molecule has 18 heavy (non-hydrogen) atoms. The predicted molar refractivity (Wildman–Crippen MR) is 70.1 cm³/mol. The Morgan fingerprint density at radius 2 is 1.78 bits per heavy atom. The molecule has 0 aromatic heterocycles. The number of rotatable bonds is 6. The Balaban J connectivity index is 2.44. The third-order valence-electron chi connectivity index (χ3n) is 3.84. The SMILES string of the molecule is CC(CC1CCCC1)C(=O)NC(C(=O)O)C(C)C. The second-order valence-corrected chi connectivity index (χ2v) is 5.86. The molecule has 0 radical (unpaired) electrons. The second kappa shape index (κ2) is 6.76. The third kappa shape index (κ3) is 4.31. The summed E-state index contributed by atoms with van der Waals surface area (Å²) in [6.07, 6.45) is 5.84. The molecule has 2 atom stereocenters. The zero-order chi connectivity index (χ0) is 13.7. The molecule has 1 amide bonds. The van der Waals surface area contributed by atoms with Crippen LogP contribution in [-0.4, -0.2) is 23.0 Å². The zero-order valence-electron chi connectivity index (χ0n) is 11.6. The molecule has 1 saturated carbocycles. The molecule has 0 saturated heterocycles. The highest BCUT2D eigenvalue weighted by Crippen LogP contribution is 2.30. The Bertz CT molecular complexity index is 295. The van der Waals surface area contributed by atoms with Gasteiger partial charge in [0.1, 0.15) is 6.04 Å². The molecule has 2 N–H and O–H groups in total. The molecule has 1 rings (SSSR count). The molecule has 4 heteroatoms. The van der Waals surface area contributed by atoms with Gasteiger partial charge >= 0.3 is 5.97 Å². The summed E-state index contributed by atoms with van der Waals surface area (Å²) in [4.78, 5) is 23.0. The van der Waals surface area contributed by atoms with Gasteiger partial charge in [0.15, 0.2) is 0 Å². The highest BCUT2D eigenvalue weighted by molar-refractivity contribution is 5.84. The molecular weight excluding hydrogens is 230 g/mol. The van der Waals surface area contributed by atoms with Crippen LogP contribution < -0.4 is 5.32 Å². The quantitative estimate of drug-likeness (QED) is 0.766. The molecule has 1 fully saturated rings. The van der Waals surface area contributed by atoms with Crippen LogP contribution in [0.5, 0.6) is 0 Å². The predicted octanol–water partition coefficient (Wildman–Crippen LogP) is 2.43. The summed E-state index contributed by atoms with van der Waals surface area (Å²) in [6.45, 7) is 5.51. The number of aliphatic carboxylic acids is 1. The fraction of sp³-hybridized carbons (Fsp3) is 0.857. The Labute approximate surface area is 109 Å². The Hall–Kier alpha value is -1.06. The van der Waals surface area contributed by atoms with E-state index in [1.165, 1.54) is 25.7 Å². The number of amides is 1. The lowest BCUT2D eigenvalue weighted by Gasteiger charge is -2.21. The molecule has 0 heterocycles. The molecule has 4 nitrogen and oxygen atoms in total. The van der Waals surface area contributed by atoms with Gasteiger partial charge in [-0.3, -0.25) is 4.79 Å². The van der Waals surface area contributed by atoms with Crippen LogP contribution in [0.3, 0.4) is 0 Å². The van der Waals surface area contributed by atoms with Crippen LogP contribution in [0.4, 0.5) is 0 Å². The van der Waals surface area contributed by atoms with E-state index in [2.05, 4.69) is 5.32 Å². The normalized spacial score (nSPS) is 19.8. The lowest BCUT2D eigenvalue weighted by Crippen LogP contribution is -2.46. The van der Waals surface area contributed by atoms with Crippen molar-refractivity contribution in [1.82, 2.24) is 5.32 Å². The number of hydrogen-bond donors (Lipinski definition) is 2. The van der Waals surface area contributed by atoms with Gasteiger partial charge in [-0.05, 0) is 18.3 Å². The third-order valence-corrected chi connectivity index (χ3v) is 3.84. The topological polar surface area (TPSA) is 66.4 Å². The van der Waals surface area contributed by atoms with Gasteiger partial charge < -0.3 is 10.4 Å². The molecule has 2 unspecified atom stereocenters. The van der Waals surface area contributed by atoms with Gasteiger partial charge in [0.05, 0.1) is 0 Å². The van der Waals surface area contributed by atoms with Gasteiger partial charge in [-0.15, -0.1) is 0 Å². The Kier molecular flexibility index (Phi) is 5.63. The molecule has 1 aliphatic carbocycles. The summed E-state index contributed by atoms with van der Waals surface area (Å²) in [5, 5.41) is 11.7. The van der Waals surface area contributed by atoms with E-state index in [1.54, 1.807) is 13.8 Å². The van der Waals surface area contributed by atoms with Crippen LogP contribution in [-0.2, 0) is 9.59 Å². The summed E-state index contributed by atoms with van der Waals surface area (Å²) in [7, 11) is 0. The van der Waals surface area contributed by atoms with E-state index in [-0.39, 0.29) is 17.7 Å². The summed E-state index contributed by atoms with van der Waals surface area (Å²) >= 11 is 0. The molecular formula is C14H25NO3. The highest BCUT2D eigenvalue weighted by Gasteiger charge is 2.27. The minimum Gasteiger partial charge on any atom is -0.480 e. The fourth-order valence-electron chi connectivity index (χ4n) is 2.66. The van der Waals surface area contributed by atoms with Crippen molar-refractivity contribution < 1.29 is 14.7 Å². The number of nitrogens with one attached hydrogen (secondary N) is 1. The monoisotopic (exact) mass is 255 g/mol. The number of carboxylic acids is 1. The van der Waals surface area contributed by atoms with Crippen LogP contribution in [0, 0.1) is 17.8 Å². The van der Waals surface area contributed by atoms with E-state index in [4.69, 9.17) is 5.11 Å². The van der Waals surface area contributed by atoms with Gasteiger partial charge in [0.25, 0.3) is 0 Å². The lowest BCUT2D eigenvalue weighted by atomic mass is 9.93. The van der Waals surface area contributed by atoms with Crippen LogP contribution in [0.1, 0.15) is 52.9 Å². The van der Waals surface area contributed by atoms with E-state index < -0.39 is 12.0 Å². The van der Waals surface area contributed by atoms with Gasteiger partial charge in [-0.1, -0.05) is 46.5 Å². The van der Waals surface area contributed by atoms with Crippen molar-refractivity contribution in [2.45, 2.75) is 58.9 Å². The van der Waals surface area contributed by atoms with Gasteiger partial charge in [0.2, 0.25) is 5.91 Å². The molecule has 0 aliphatic heterocycles. The number of hydrogen-bond acceptors (Lipinski definition) is 2. The molecule has 0 spiro atoms. The maximum atomic E-state index is 12.0. The smallest absolute Gasteiger partial charge is 0.326 e. The molecule has 1 aliphatic rings. The summed E-state index contributed by atoms with van der Waals surface area (Å²) in [5.74, 6) is -0.610. The fourth-order valence-corrected chi connectivity index (χ4v) is 2.66. The largest absolute Gasteiger partial charge is 0.480 e. The van der Waals surface area contributed by atoms with Crippen molar-refractivity contribution in [2.24, 2.45) is 17.8 Å². The van der Waals surface area contributed by atoms with E-state index in [1.807, 2.05) is 6.92 Å². The molecule has 104 valence electrons. The van der Waals surface area contributed by atoms with Crippen LogP contribution in [0.15, 0.2) is 0 Å². The number of carbonyl (C=O) groups excluding carboxylic acids is 1. The van der Waals surface area contributed by atoms with Crippen molar-refractivity contribution in [2.75, 3.05) is 0 Å². The lowest BCUT2D eigenvalue weighted by molar-refractivity contribution is -0.143. The summed E-state index contributed by atoms with van der Waals surface area (Å²) in [6, 6.07) is -0.775. The minimum atomic E-state index is -0.952. The average Bonchev–Trinajstić information content (AvgIpc) is 2.77. The summed E-state index contributed by atoms with van der Waals surface area (Å²) in [5.41, 5.74) is 0. The van der Waals surface area contributed by atoms with E-state index in [9.17, 15) is 9.59 Å². The zero-order valence-corrected chi connectivity index (χ0v) is 11.6. The number of carbonyl (C=O) groups is 2. The minimum absolute atomic E-state index is 0.0892. The van der Waals surface area contributed by atoms with Crippen molar-refractivity contribution in [3.05, 3.63) is 0 Å². The molecule has 0 bridgehead atoms. The average molecular weight is 255 g/mol. The second-order valence-electron chi connectivity index (χ2n) is 5.86. The van der Waals surface area contributed by atoms with Crippen LogP contribution in [0.25, 0.3) is 0 Å². The summed E-state index contributed by atoms with van der Waals surface area (Å²) < 4.78 is 0. The highest BCUT2D eigenvalue weighted by atomic mass is 16.4. The number of carboxylic acid groups (broad SMARTS) is 1. The first-order chi connectivity index (χ1) is 8.41. The standard InChI is InChI=1S/C14H25NO3/c1-9(2)12(14(17)18)15-13(16)10(3)8-11-6-4-5-7-11/h9-12H,4-8H2,1-3H3,(H,15,16)(H,17,18). The first kappa shape index (κ1) is 15.0. The van der Waals surface area contributed by atoms with Crippen molar-refractivity contribution >= 4 is 11.9 Å². The maximum Gasteiger partial charge on any atom is 0.326 e. The van der Waals surface area contributed by atoms with Crippen molar-refractivity contribution in [3.8, 4) is 0 Å². The van der Waals surface area contributed by atoms with Crippen LogP contribution in [0.2, 0.25) is 0 Å². The molecule has 0 aromatic rings.